The summed E-state index contributed by atoms with van der Waals surface area (Å²) in [6, 6.07) is 5.79. The van der Waals surface area contributed by atoms with Crippen LogP contribution in [0.3, 0.4) is 0 Å². The van der Waals surface area contributed by atoms with E-state index >= 15 is 0 Å². The molecule has 17 heavy (non-hydrogen) atoms. The van der Waals surface area contributed by atoms with Crippen LogP contribution in [0.4, 0.5) is 5.82 Å². The van der Waals surface area contributed by atoms with E-state index in [0.717, 1.165) is 27.1 Å². The largest absolute Gasteiger partial charge is 0.383 e. The van der Waals surface area contributed by atoms with Gasteiger partial charge in [0, 0.05) is 5.69 Å². The molecule has 0 aliphatic rings. The minimum atomic E-state index is 0.524. The van der Waals surface area contributed by atoms with Crippen LogP contribution >= 0.6 is 22.6 Å². The first-order valence-electron chi connectivity index (χ1n) is 5.37. The molecule has 0 amide bonds. The Labute approximate surface area is 114 Å². The van der Waals surface area contributed by atoms with Crippen LogP contribution in [0.15, 0.2) is 18.2 Å². The van der Waals surface area contributed by atoms with E-state index in [1.807, 2.05) is 25.1 Å². The van der Waals surface area contributed by atoms with E-state index in [2.05, 4.69) is 44.5 Å². The average Bonchev–Trinajstić information content (AvgIpc) is 2.32. The molecule has 5 heteroatoms. The van der Waals surface area contributed by atoms with Gasteiger partial charge in [0.1, 0.15) is 11.5 Å². The maximum Gasteiger partial charge on any atom is 0.180 e. The molecule has 0 saturated heterocycles. The van der Waals surface area contributed by atoms with Gasteiger partial charge in [-0.25, -0.2) is 15.0 Å². The summed E-state index contributed by atoms with van der Waals surface area (Å²) in [5.74, 6) is 1.12. The Bertz CT molecular complexity index is 554. The summed E-state index contributed by atoms with van der Waals surface area (Å²) in [5.41, 5.74) is 8.57. The van der Waals surface area contributed by atoms with Crippen LogP contribution in [0.25, 0.3) is 11.5 Å². The number of pyridine rings is 1. The molecule has 88 valence electrons. The van der Waals surface area contributed by atoms with Crippen molar-refractivity contribution < 1.29 is 0 Å². The molecule has 0 aromatic carbocycles. The topological polar surface area (TPSA) is 64.7 Å². The van der Waals surface area contributed by atoms with Crippen molar-refractivity contribution in [2.45, 2.75) is 20.3 Å². The minimum absolute atomic E-state index is 0.524. The standard InChI is InChI=1S/C12H13IN4/c1-3-8-10(13)11(14)17-12(16-8)9-6-4-5-7(2)15-9/h4-6H,3H2,1-2H3,(H2,14,16,17). The van der Waals surface area contributed by atoms with Crippen molar-refractivity contribution in [3.63, 3.8) is 0 Å². The second-order valence-corrected chi connectivity index (χ2v) is 4.79. The molecule has 0 bridgehead atoms. The van der Waals surface area contributed by atoms with Crippen LogP contribution in [0.5, 0.6) is 0 Å². The fourth-order valence-electron chi connectivity index (χ4n) is 1.53. The number of hydrogen-bond acceptors (Lipinski definition) is 4. The van der Waals surface area contributed by atoms with Crippen molar-refractivity contribution in [1.82, 2.24) is 15.0 Å². The molecule has 2 aromatic heterocycles. The third kappa shape index (κ3) is 2.54. The summed E-state index contributed by atoms with van der Waals surface area (Å²) in [7, 11) is 0. The fourth-order valence-corrected chi connectivity index (χ4v) is 2.15. The van der Waals surface area contributed by atoms with Gasteiger partial charge in [-0.15, -0.1) is 0 Å². The van der Waals surface area contributed by atoms with E-state index in [1.165, 1.54) is 0 Å². The van der Waals surface area contributed by atoms with Crippen LogP contribution < -0.4 is 5.73 Å². The van der Waals surface area contributed by atoms with Gasteiger partial charge in [0.2, 0.25) is 0 Å². The zero-order valence-corrected chi connectivity index (χ0v) is 11.9. The van der Waals surface area contributed by atoms with E-state index < -0.39 is 0 Å². The molecule has 0 saturated carbocycles. The van der Waals surface area contributed by atoms with E-state index in [1.54, 1.807) is 0 Å². The van der Waals surface area contributed by atoms with E-state index in [0.29, 0.717) is 11.6 Å². The van der Waals surface area contributed by atoms with Crippen molar-refractivity contribution in [3.8, 4) is 11.5 Å². The minimum Gasteiger partial charge on any atom is -0.383 e. The van der Waals surface area contributed by atoms with Gasteiger partial charge in [-0.05, 0) is 48.1 Å². The third-order valence-electron chi connectivity index (χ3n) is 2.40. The van der Waals surface area contributed by atoms with Gasteiger partial charge in [0.15, 0.2) is 5.82 Å². The fraction of sp³-hybridized carbons (Fsp3) is 0.250. The number of nitrogens with zero attached hydrogens (tertiary/aromatic N) is 3. The number of rotatable bonds is 2. The lowest BCUT2D eigenvalue weighted by atomic mass is 10.2. The van der Waals surface area contributed by atoms with Crippen LogP contribution in [0.1, 0.15) is 18.3 Å². The Morgan fingerprint density at radius 2 is 2.00 bits per heavy atom. The molecule has 0 spiro atoms. The van der Waals surface area contributed by atoms with Gasteiger partial charge in [-0.1, -0.05) is 13.0 Å². The molecule has 0 atom stereocenters. The number of anilines is 1. The van der Waals surface area contributed by atoms with Crippen LogP contribution in [0.2, 0.25) is 0 Å². The summed E-state index contributed by atoms with van der Waals surface area (Å²) in [4.78, 5) is 13.2. The molecular weight excluding hydrogens is 327 g/mol. The number of aromatic nitrogens is 3. The monoisotopic (exact) mass is 340 g/mol. The lowest BCUT2D eigenvalue weighted by molar-refractivity contribution is 0.985. The third-order valence-corrected chi connectivity index (χ3v) is 3.57. The first-order valence-corrected chi connectivity index (χ1v) is 6.45. The maximum atomic E-state index is 5.89. The summed E-state index contributed by atoms with van der Waals surface area (Å²) in [5, 5.41) is 0. The molecule has 0 aliphatic carbocycles. The second kappa shape index (κ2) is 4.95. The lowest BCUT2D eigenvalue weighted by Crippen LogP contribution is -2.05. The highest BCUT2D eigenvalue weighted by Gasteiger charge is 2.10. The zero-order chi connectivity index (χ0) is 12.4. The summed E-state index contributed by atoms with van der Waals surface area (Å²) >= 11 is 2.18. The Kier molecular flexibility index (Phi) is 3.56. The molecule has 4 nitrogen and oxygen atoms in total. The van der Waals surface area contributed by atoms with Gasteiger partial charge in [0.25, 0.3) is 0 Å². The van der Waals surface area contributed by atoms with Crippen LogP contribution in [-0.4, -0.2) is 15.0 Å². The van der Waals surface area contributed by atoms with Crippen molar-refractivity contribution in [3.05, 3.63) is 33.2 Å². The molecule has 0 radical (unpaired) electrons. The number of aryl methyl sites for hydroxylation is 2. The lowest BCUT2D eigenvalue weighted by Gasteiger charge is -2.07. The Balaban J connectivity index is 2.56. The first kappa shape index (κ1) is 12.2. The molecule has 2 aromatic rings. The molecule has 0 fully saturated rings. The quantitative estimate of drug-likeness (QED) is 0.854. The number of nitrogens with two attached hydrogens (primary N) is 1. The highest BCUT2D eigenvalue weighted by Crippen LogP contribution is 2.21. The molecule has 0 aliphatic heterocycles. The molecule has 2 rings (SSSR count). The zero-order valence-electron chi connectivity index (χ0n) is 9.74. The molecule has 2 heterocycles. The molecule has 2 N–H and O–H groups in total. The summed E-state index contributed by atoms with van der Waals surface area (Å²) in [6.45, 7) is 4.00. The van der Waals surface area contributed by atoms with E-state index in [4.69, 9.17) is 5.73 Å². The predicted molar refractivity (Wildman–Crippen MR) is 76.5 cm³/mol. The van der Waals surface area contributed by atoms with Gasteiger partial charge in [-0.3, -0.25) is 0 Å². The van der Waals surface area contributed by atoms with E-state index in [9.17, 15) is 0 Å². The molecule has 0 unspecified atom stereocenters. The van der Waals surface area contributed by atoms with Crippen LogP contribution in [0, 0.1) is 10.5 Å². The van der Waals surface area contributed by atoms with Crippen molar-refractivity contribution in [2.75, 3.05) is 5.73 Å². The Morgan fingerprint density at radius 1 is 1.24 bits per heavy atom. The van der Waals surface area contributed by atoms with Gasteiger partial charge >= 0.3 is 0 Å². The molecular formula is C12H13IN4. The van der Waals surface area contributed by atoms with Gasteiger partial charge in [0.05, 0.1) is 9.26 Å². The van der Waals surface area contributed by atoms with Crippen molar-refractivity contribution in [2.24, 2.45) is 0 Å². The highest BCUT2D eigenvalue weighted by molar-refractivity contribution is 14.1. The number of halogens is 1. The second-order valence-electron chi connectivity index (χ2n) is 3.71. The smallest absolute Gasteiger partial charge is 0.180 e. The Morgan fingerprint density at radius 3 is 2.65 bits per heavy atom. The van der Waals surface area contributed by atoms with E-state index in [-0.39, 0.29) is 0 Å². The number of nitrogen functional groups attached to an aromatic ring is 1. The highest BCUT2D eigenvalue weighted by atomic mass is 127. The van der Waals surface area contributed by atoms with Crippen molar-refractivity contribution in [1.29, 1.82) is 0 Å². The number of hydrogen-bond donors (Lipinski definition) is 1. The normalized spacial score (nSPS) is 10.5. The average molecular weight is 340 g/mol. The first-order chi connectivity index (χ1) is 8.11. The van der Waals surface area contributed by atoms with Crippen molar-refractivity contribution >= 4 is 28.4 Å². The van der Waals surface area contributed by atoms with Gasteiger partial charge < -0.3 is 5.73 Å². The Hall–Kier alpha value is -1.24. The SMILES string of the molecule is CCc1nc(-c2cccc(C)n2)nc(N)c1I. The predicted octanol–water partition coefficient (Wildman–Crippen LogP) is 2.60. The van der Waals surface area contributed by atoms with Crippen LogP contribution in [-0.2, 0) is 6.42 Å². The summed E-state index contributed by atoms with van der Waals surface area (Å²) < 4.78 is 0.932. The van der Waals surface area contributed by atoms with Gasteiger partial charge in [-0.2, -0.15) is 0 Å². The summed E-state index contributed by atoms with van der Waals surface area (Å²) in [6.07, 6.45) is 0.837. The maximum absolute atomic E-state index is 5.89.